The van der Waals surface area contributed by atoms with Crippen LogP contribution < -0.4 is 28.4 Å². The number of hydrogen-bond acceptors (Lipinski definition) is 12. The Bertz CT molecular complexity index is 3060. The number of carbonyl (C=O) groups is 6. The van der Waals surface area contributed by atoms with E-state index in [0.717, 1.165) is 16.7 Å². The molecule has 0 amide bonds. The molecule has 362 valence electrons. The molecule has 0 N–H and O–H groups in total. The Balaban J connectivity index is 0.906. The predicted octanol–water partition coefficient (Wildman–Crippen LogP) is 12.4. The number of carbonyl (C=O) groups excluding carboxylic acids is 6. The minimum absolute atomic E-state index is 0.239. The Morgan fingerprint density at radius 1 is 0.230 bits per heavy atom. The molecule has 0 atom stereocenters. The largest absolute Gasteiger partial charge is 0.423 e. The van der Waals surface area contributed by atoms with Gasteiger partial charge in [-0.15, -0.1) is 0 Å². The molecule has 12 heteroatoms. The predicted molar refractivity (Wildman–Crippen MR) is 273 cm³/mol. The van der Waals surface area contributed by atoms with Crippen LogP contribution in [-0.2, 0) is 5.41 Å². The molecule has 0 saturated heterocycles. The van der Waals surface area contributed by atoms with Gasteiger partial charge in [0.2, 0.25) is 0 Å². The molecule has 9 aromatic carbocycles. The van der Waals surface area contributed by atoms with Crippen molar-refractivity contribution in [1.29, 1.82) is 0 Å². The average molecular weight is 979 g/mol. The summed E-state index contributed by atoms with van der Waals surface area (Å²) in [4.78, 5) is 77.3. The van der Waals surface area contributed by atoms with E-state index in [9.17, 15) is 28.8 Å². The highest BCUT2D eigenvalue weighted by Gasteiger charge is 2.32. The fourth-order valence-corrected chi connectivity index (χ4v) is 7.76. The Hall–Kier alpha value is -10.2. The zero-order chi connectivity index (χ0) is 51.4. The summed E-state index contributed by atoms with van der Waals surface area (Å²) in [5.74, 6) is -1.84. The first-order chi connectivity index (χ1) is 36.0. The monoisotopic (exact) mass is 978 g/mol. The van der Waals surface area contributed by atoms with E-state index in [0.29, 0.717) is 16.7 Å². The lowest BCUT2D eigenvalue weighted by Crippen LogP contribution is -2.25. The standard InChI is InChI=1S/C62H42O12/c1-62(47-23-35-53(36-24-47)72-59(66)44-17-29-50(30-18-44)69-56(63)41-11-5-2-6-12-41,48-25-37-54(38-26-48)73-60(67)45-19-31-51(32-20-45)70-57(64)42-13-7-3-8-14-42)49-27-39-55(40-28-49)74-61(68)46-21-33-52(34-22-46)71-58(65)43-15-9-4-10-16-43/h2-40H,1H3. The van der Waals surface area contributed by atoms with Crippen LogP contribution in [0.2, 0.25) is 0 Å². The van der Waals surface area contributed by atoms with Gasteiger partial charge in [-0.05, 0) is 169 Å². The van der Waals surface area contributed by atoms with Gasteiger partial charge in [-0.2, -0.15) is 0 Å². The number of ether oxygens (including phenoxy) is 6. The Morgan fingerprint density at radius 3 is 0.581 bits per heavy atom. The summed E-state index contributed by atoms with van der Waals surface area (Å²) < 4.78 is 33.6. The fraction of sp³-hybridized carbons (Fsp3) is 0.0323. The van der Waals surface area contributed by atoms with Gasteiger partial charge in [-0.1, -0.05) is 91.0 Å². The molecular formula is C62H42O12. The minimum Gasteiger partial charge on any atom is -0.423 e. The first-order valence-corrected chi connectivity index (χ1v) is 23.1. The van der Waals surface area contributed by atoms with E-state index in [-0.39, 0.29) is 51.2 Å². The summed E-state index contributed by atoms with van der Waals surface area (Å²) in [6.45, 7) is 2.00. The van der Waals surface area contributed by atoms with Crippen LogP contribution in [0.15, 0.2) is 237 Å². The summed E-state index contributed by atoms with van der Waals surface area (Å²) >= 11 is 0. The van der Waals surface area contributed by atoms with Gasteiger partial charge < -0.3 is 28.4 Å². The maximum Gasteiger partial charge on any atom is 0.343 e. The van der Waals surface area contributed by atoms with E-state index in [2.05, 4.69) is 0 Å². The number of rotatable bonds is 15. The van der Waals surface area contributed by atoms with Gasteiger partial charge in [0.15, 0.2) is 0 Å². The molecule has 0 spiro atoms. The molecule has 12 nitrogen and oxygen atoms in total. The van der Waals surface area contributed by atoms with Crippen LogP contribution in [0.25, 0.3) is 0 Å². The Labute approximate surface area is 424 Å². The van der Waals surface area contributed by atoms with E-state index in [1.165, 1.54) is 72.8 Å². The first kappa shape index (κ1) is 48.8. The van der Waals surface area contributed by atoms with Gasteiger partial charge in [-0.3, -0.25) is 0 Å². The van der Waals surface area contributed by atoms with E-state index in [1.54, 1.807) is 127 Å². The highest BCUT2D eigenvalue weighted by Crippen LogP contribution is 2.41. The third-order valence-corrected chi connectivity index (χ3v) is 11.9. The summed E-state index contributed by atoms with van der Waals surface area (Å²) in [7, 11) is 0. The zero-order valence-corrected chi connectivity index (χ0v) is 39.4. The topological polar surface area (TPSA) is 158 Å². The summed E-state index contributed by atoms with van der Waals surface area (Å²) in [5, 5.41) is 0. The number of benzene rings is 9. The van der Waals surface area contributed by atoms with E-state index in [1.807, 2.05) is 43.3 Å². The van der Waals surface area contributed by atoms with Gasteiger partial charge in [0.05, 0.1) is 33.4 Å². The average Bonchev–Trinajstić information content (AvgIpc) is 3.44. The molecule has 0 aliphatic rings. The van der Waals surface area contributed by atoms with Crippen LogP contribution in [0.5, 0.6) is 34.5 Å². The molecule has 0 unspecified atom stereocenters. The summed E-state index contributed by atoms with van der Waals surface area (Å²) in [6.07, 6.45) is 0. The van der Waals surface area contributed by atoms with Crippen LogP contribution in [0.1, 0.15) is 85.8 Å². The van der Waals surface area contributed by atoms with Gasteiger partial charge in [0.1, 0.15) is 34.5 Å². The summed E-state index contributed by atoms with van der Waals surface area (Å²) in [5.41, 5.74) is 3.37. The van der Waals surface area contributed by atoms with Crippen LogP contribution in [0.4, 0.5) is 0 Å². The summed E-state index contributed by atoms with van der Waals surface area (Å²) in [6, 6.07) is 64.8. The van der Waals surface area contributed by atoms with Crippen molar-refractivity contribution in [3.8, 4) is 34.5 Å². The third-order valence-electron chi connectivity index (χ3n) is 11.9. The molecule has 0 aliphatic carbocycles. The van der Waals surface area contributed by atoms with Crippen LogP contribution in [0, 0.1) is 0 Å². The molecular weight excluding hydrogens is 937 g/mol. The molecule has 9 aromatic rings. The number of hydrogen-bond donors (Lipinski definition) is 0. The SMILES string of the molecule is CC(c1ccc(OC(=O)c2ccc(OC(=O)c3ccccc3)cc2)cc1)(c1ccc(OC(=O)c2ccc(OC(=O)c3ccccc3)cc2)cc1)c1ccc(OC(=O)c2ccc(OC(=O)c3ccccc3)cc2)cc1. The van der Waals surface area contributed by atoms with Crippen molar-refractivity contribution < 1.29 is 57.2 Å². The van der Waals surface area contributed by atoms with Gasteiger partial charge in [-0.25, -0.2) is 28.8 Å². The highest BCUT2D eigenvalue weighted by molar-refractivity contribution is 5.95. The quantitative estimate of drug-likeness (QED) is 0.0545. The van der Waals surface area contributed by atoms with Crippen molar-refractivity contribution in [2.75, 3.05) is 0 Å². The van der Waals surface area contributed by atoms with Crippen LogP contribution in [0.3, 0.4) is 0 Å². The minimum atomic E-state index is -0.888. The van der Waals surface area contributed by atoms with Crippen molar-refractivity contribution in [2.45, 2.75) is 12.3 Å². The first-order valence-electron chi connectivity index (χ1n) is 23.1. The lowest BCUT2D eigenvalue weighted by atomic mass is 9.71. The van der Waals surface area contributed by atoms with Crippen molar-refractivity contribution in [1.82, 2.24) is 0 Å². The molecule has 0 fully saturated rings. The van der Waals surface area contributed by atoms with Crippen molar-refractivity contribution in [2.24, 2.45) is 0 Å². The molecule has 0 aromatic heterocycles. The zero-order valence-electron chi connectivity index (χ0n) is 39.4. The van der Waals surface area contributed by atoms with Gasteiger partial charge in [0, 0.05) is 5.41 Å². The van der Waals surface area contributed by atoms with E-state index in [4.69, 9.17) is 28.4 Å². The van der Waals surface area contributed by atoms with Crippen LogP contribution in [-0.4, -0.2) is 35.8 Å². The van der Waals surface area contributed by atoms with Crippen LogP contribution >= 0.6 is 0 Å². The molecule has 9 rings (SSSR count). The van der Waals surface area contributed by atoms with Crippen molar-refractivity contribution >= 4 is 35.8 Å². The van der Waals surface area contributed by atoms with Crippen molar-refractivity contribution in [3.05, 3.63) is 287 Å². The second-order valence-electron chi connectivity index (χ2n) is 16.7. The second-order valence-corrected chi connectivity index (χ2v) is 16.7. The maximum atomic E-state index is 13.3. The van der Waals surface area contributed by atoms with E-state index < -0.39 is 41.2 Å². The smallest absolute Gasteiger partial charge is 0.343 e. The number of esters is 6. The maximum absolute atomic E-state index is 13.3. The second kappa shape index (κ2) is 22.3. The molecule has 0 heterocycles. The lowest BCUT2D eigenvalue weighted by molar-refractivity contribution is 0.0720. The lowest BCUT2D eigenvalue weighted by Gasteiger charge is -2.32. The Kier molecular flexibility index (Phi) is 14.7. The van der Waals surface area contributed by atoms with Crippen molar-refractivity contribution in [3.63, 3.8) is 0 Å². The molecule has 0 bridgehead atoms. The molecule has 0 radical (unpaired) electrons. The third kappa shape index (κ3) is 11.7. The molecule has 0 aliphatic heterocycles. The van der Waals surface area contributed by atoms with Gasteiger partial charge in [0.25, 0.3) is 0 Å². The van der Waals surface area contributed by atoms with Gasteiger partial charge >= 0.3 is 35.8 Å². The molecule has 74 heavy (non-hydrogen) atoms. The fourth-order valence-electron chi connectivity index (χ4n) is 7.76. The molecule has 0 saturated carbocycles. The highest BCUT2D eigenvalue weighted by atomic mass is 16.6. The normalized spacial score (nSPS) is 10.8. The van der Waals surface area contributed by atoms with E-state index >= 15 is 0 Å². The Morgan fingerprint density at radius 2 is 0.392 bits per heavy atom.